The molecule has 23 heavy (non-hydrogen) atoms. The molecule has 0 unspecified atom stereocenters. The van der Waals surface area contributed by atoms with Gasteiger partial charge in [0.15, 0.2) is 5.82 Å². The van der Waals surface area contributed by atoms with Gasteiger partial charge in [-0.3, -0.25) is 0 Å². The molecule has 1 N–H and O–H groups in total. The summed E-state index contributed by atoms with van der Waals surface area (Å²) in [7, 11) is 1.68. The Morgan fingerprint density at radius 3 is 2.65 bits per heavy atom. The maximum absolute atomic E-state index is 5.17. The van der Waals surface area contributed by atoms with Crippen LogP contribution in [0.15, 0.2) is 30.5 Å². The highest BCUT2D eigenvalue weighted by molar-refractivity contribution is 5.40. The molecule has 0 amide bonds. The van der Waals surface area contributed by atoms with Crippen LogP contribution in [0.2, 0.25) is 0 Å². The number of hydrogen-bond donors (Lipinski definition) is 1. The van der Waals surface area contributed by atoms with Crippen molar-refractivity contribution >= 4 is 11.8 Å². The van der Waals surface area contributed by atoms with Gasteiger partial charge in [0, 0.05) is 19.6 Å². The van der Waals surface area contributed by atoms with Gasteiger partial charge in [-0.1, -0.05) is 12.1 Å². The van der Waals surface area contributed by atoms with Crippen molar-refractivity contribution < 1.29 is 4.74 Å². The first-order chi connectivity index (χ1) is 11.3. The van der Waals surface area contributed by atoms with Crippen LogP contribution in [-0.4, -0.2) is 41.9 Å². The Bertz CT molecular complexity index is 611. The highest BCUT2D eigenvalue weighted by Crippen LogP contribution is 2.17. The third kappa shape index (κ3) is 4.31. The molecule has 0 saturated carbocycles. The fourth-order valence-electron chi connectivity index (χ4n) is 2.76. The summed E-state index contributed by atoms with van der Waals surface area (Å²) in [6.45, 7) is 2.89. The van der Waals surface area contributed by atoms with Gasteiger partial charge < -0.3 is 15.0 Å². The Morgan fingerprint density at radius 2 is 1.91 bits per heavy atom. The van der Waals surface area contributed by atoms with Crippen molar-refractivity contribution in [2.24, 2.45) is 0 Å². The van der Waals surface area contributed by atoms with Crippen LogP contribution in [0.5, 0.6) is 5.75 Å². The van der Waals surface area contributed by atoms with E-state index in [9.17, 15) is 0 Å². The minimum absolute atomic E-state index is 0.599. The lowest BCUT2D eigenvalue weighted by Gasteiger charge is -2.27. The predicted molar refractivity (Wildman–Crippen MR) is 91.1 cm³/mol. The zero-order chi connectivity index (χ0) is 15.9. The summed E-state index contributed by atoms with van der Waals surface area (Å²) in [6, 6.07) is 8.10. The first kappa shape index (κ1) is 15.5. The fraction of sp³-hybridized carbons (Fsp3) is 0.471. The summed E-state index contributed by atoms with van der Waals surface area (Å²) in [4.78, 5) is 6.86. The number of methoxy groups -OCH3 is 1. The number of benzene rings is 1. The third-order valence-electron chi connectivity index (χ3n) is 4.08. The Kier molecular flexibility index (Phi) is 5.24. The van der Waals surface area contributed by atoms with Gasteiger partial charge in [0.05, 0.1) is 13.3 Å². The SMILES string of the molecule is COc1ccc(CCNc2nncc(N3CCCCC3)n2)cc1. The summed E-state index contributed by atoms with van der Waals surface area (Å²) < 4.78 is 5.17. The predicted octanol–water partition coefficient (Wildman–Crippen LogP) is 2.53. The van der Waals surface area contributed by atoms with Crippen molar-refractivity contribution in [3.05, 3.63) is 36.0 Å². The van der Waals surface area contributed by atoms with Crippen LogP contribution in [0.4, 0.5) is 11.8 Å². The maximum Gasteiger partial charge on any atom is 0.244 e. The highest BCUT2D eigenvalue weighted by Gasteiger charge is 2.13. The standard InChI is InChI=1S/C17H23N5O/c1-23-15-7-5-14(6-8-15)9-10-18-17-20-16(13-19-21-17)22-11-3-2-4-12-22/h5-8,13H,2-4,9-12H2,1H3,(H,18,20,21). The molecule has 1 aliphatic rings. The van der Waals surface area contributed by atoms with Gasteiger partial charge in [-0.2, -0.15) is 10.1 Å². The molecular formula is C17H23N5O. The summed E-state index contributed by atoms with van der Waals surface area (Å²) >= 11 is 0. The molecule has 2 heterocycles. The Morgan fingerprint density at radius 1 is 1.13 bits per heavy atom. The van der Waals surface area contributed by atoms with Crippen LogP contribution in [0, 0.1) is 0 Å². The second-order valence-electron chi connectivity index (χ2n) is 5.71. The van der Waals surface area contributed by atoms with Crippen molar-refractivity contribution in [3.8, 4) is 5.75 Å². The van der Waals surface area contributed by atoms with E-state index in [4.69, 9.17) is 4.74 Å². The number of ether oxygens (including phenoxy) is 1. The van der Waals surface area contributed by atoms with Crippen LogP contribution in [-0.2, 0) is 6.42 Å². The lowest BCUT2D eigenvalue weighted by Crippen LogP contribution is -2.30. The molecule has 6 heteroatoms. The van der Waals surface area contributed by atoms with Gasteiger partial charge in [-0.25, -0.2) is 0 Å². The summed E-state index contributed by atoms with van der Waals surface area (Å²) in [5.74, 6) is 2.40. The van der Waals surface area contributed by atoms with Crippen LogP contribution < -0.4 is 15.0 Å². The normalized spacial score (nSPS) is 14.6. The average Bonchev–Trinajstić information content (AvgIpc) is 2.63. The molecule has 1 saturated heterocycles. The highest BCUT2D eigenvalue weighted by atomic mass is 16.5. The lowest BCUT2D eigenvalue weighted by atomic mass is 10.1. The van der Waals surface area contributed by atoms with E-state index in [-0.39, 0.29) is 0 Å². The van der Waals surface area contributed by atoms with Crippen molar-refractivity contribution in [2.45, 2.75) is 25.7 Å². The van der Waals surface area contributed by atoms with Gasteiger partial charge >= 0.3 is 0 Å². The Labute approximate surface area is 136 Å². The number of nitrogens with zero attached hydrogens (tertiary/aromatic N) is 4. The van der Waals surface area contributed by atoms with Crippen molar-refractivity contribution in [2.75, 3.05) is 37.0 Å². The minimum atomic E-state index is 0.599. The van der Waals surface area contributed by atoms with Crippen LogP contribution >= 0.6 is 0 Å². The molecule has 0 spiro atoms. The second kappa shape index (κ2) is 7.76. The molecule has 0 aliphatic carbocycles. The van der Waals surface area contributed by atoms with Crippen molar-refractivity contribution in [1.82, 2.24) is 15.2 Å². The minimum Gasteiger partial charge on any atom is -0.497 e. The van der Waals surface area contributed by atoms with Crippen molar-refractivity contribution in [3.63, 3.8) is 0 Å². The molecule has 2 aromatic rings. The molecule has 1 aromatic heterocycles. The number of rotatable bonds is 6. The number of hydrogen-bond acceptors (Lipinski definition) is 6. The quantitative estimate of drug-likeness (QED) is 0.884. The number of anilines is 2. The van der Waals surface area contributed by atoms with Crippen LogP contribution in [0.25, 0.3) is 0 Å². The van der Waals surface area contributed by atoms with E-state index in [1.807, 2.05) is 12.1 Å². The first-order valence-electron chi connectivity index (χ1n) is 8.16. The van der Waals surface area contributed by atoms with E-state index in [0.29, 0.717) is 5.95 Å². The van der Waals surface area contributed by atoms with Crippen molar-refractivity contribution in [1.29, 1.82) is 0 Å². The molecule has 1 fully saturated rings. The average molecular weight is 313 g/mol. The first-order valence-corrected chi connectivity index (χ1v) is 8.16. The Balaban J connectivity index is 1.53. The molecule has 0 bridgehead atoms. The summed E-state index contributed by atoms with van der Waals surface area (Å²) in [5, 5.41) is 11.4. The molecule has 0 radical (unpaired) electrons. The van der Waals surface area contributed by atoms with Gasteiger partial charge in [0.1, 0.15) is 5.75 Å². The topological polar surface area (TPSA) is 63.2 Å². The van der Waals surface area contributed by atoms with E-state index in [0.717, 1.165) is 37.6 Å². The molecule has 122 valence electrons. The van der Waals surface area contributed by atoms with E-state index in [2.05, 4.69) is 37.5 Å². The van der Waals surface area contributed by atoms with Gasteiger partial charge in [-0.15, -0.1) is 5.10 Å². The van der Waals surface area contributed by atoms with Gasteiger partial charge in [-0.05, 0) is 43.4 Å². The maximum atomic E-state index is 5.17. The molecule has 3 rings (SSSR count). The molecule has 1 aromatic carbocycles. The summed E-state index contributed by atoms with van der Waals surface area (Å²) in [5.41, 5.74) is 1.25. The molecule has 0 atom stereocenters. The lowest BCUT2D eigenvalue weighted by molar-refractivity contribution is 0.414. The zero-order valence-electron chi connectivity index (χ0n) is 13.5. The zero-order valence-corrected chi connectivity index (χ0v) is 13.5. The monoisotopic (exact) mass is 313 g/mol. The van der Waals surface area contributed by atoms with E-state index in [1.54, 1.807) is 13.3 Å². The summed E-state index contributed by atoms with van der Waals surface area (Å²) in [6.07, 6.45) is 6.41. The molecule has 1 aliphatic heterocycles. The number of aromatic nitrogens is 3. The number of nitrogens with one attached hydrogen (secondary N) is 1. The largest absolute Gasteiger partial charge is 0.497 e. The van der Waals surface area contributed by atoms with E-state index in [1.165, 1.54) is 24.8 Å². The Hall–Kier alpha value is -2.37. The third-order valence-corrected chi connectivity index (χ3v) is 4.08. The van der Waals surface area contributed by atoms with E-state index < -0.39 is 0 Å². The van der Waals surface area contributed by atoms with Crippen LogP contribution in [0.3, 0.4) is 0 Å². The second-order valence-corrected chi connectivity index (χ2v) is 5.71. The van der Waals surface area contributed by atoms with Gasteiger partial charge in [0.25, 0.3) is 0 Å². The fourth-order valence-corrected chi connectivity index (χ4v) is 2.76. The van der Waals surface area contributed by atoms with Gasteiger partial charge in [0.2, 0.25) is 5.95 Å². The van der Waals surface area contributed by atoms with E-state index >= 15 is 0 Å². The molecule has 6 nitrogen and oxygen atoms in total. The number of piperidine rings is 1. The smallest absolute Gasteiger partial charge is 0.244 e. The van der Waals surface area contributed by atoms with Crippen LogP contribution in [0.1, 0.15) is 24.8 Å². The molecular weight excluding hydrogens is 290 g/mol.